The normalized spacial score (nSPS) is 17.1. The highest BCUT2D eigenvalue weighted by Gasteiger charge is 2.31. The molecule has 3 aromatic carbocycles. The van der Waals surface area contributed by atoms with Crippen LogP contribution >= 0.6 is 0 Å². The summed E-state index contributed by atoms with van der Waals surface area (Å²) in [7, 11) is 0. The zero-order valence-corrected chi connectivity index (χ0v) is 34.4. The van der Waals surface area contributed by atoms with Crippen LogP contribution in [0, 0.1) is 24.7 Å². The molecular formula is C45H59N7O5. The van der Waals surface area contributed by atoms with Gasteiger partial charge in [-0.15, -0.1) is 5.11 Å². The Labute approximate surface area is 337 Å². The van der Waals surface area contributed by atoms with Crippen molar-refractivity contribution in [2.24, 2.45) is 33.0 Å². The molecule has 1 atom stereocenters. The van der Waals surface area contributed by atoms with Gasteiger partial charge in [-0.05, 0) is 137 Å². The number of ether oxygens (including phenoxy) is 1. The Morgan fingerprint density at radius 3 is 2.19 bits per heavy atom. The zero-order chi connectivity index (χ0) is 41.0. The Morgan fingerprint density at radius 1 is 0.877 bits per heavy atom. The number of aliphatic imine (C=N–C) groups is 1. The van der Waals surface area contributed by atoms with E-state index in [1.54, 1.807) is 0 Å². The number of carbonyl (C=O) groups is 4. The summed E-state index contributed by atoms with van der Waals surface area (Å²) in [6, 6.07) is 21.1. The summed E-state index contributed by atoms with van der Waals surface area (Å²) in [5.41, 5.74) is 5.41. The molecule has 5 rings (SSSR count). The lowest BCUT2D eigenvalue weighted by Crippen LogP contribution is -2.37. The monoisotopic (exact) mass is 777 g/mol. The smallest absolute Gasteiger partial charge is 0.407 e. The van der Waals surface area contributed by atoms with Crippen LogP contribution in [0.25, 0.3) is 11.1 Å². The van der Waals surface area contributed by atoms with E-state index in [4.69, 9.17) is 4.74 Å². The third-order valence-electron chi connectivity index (χ3n) is 10.8. The van der Waals surface area contributed by atoms with E-state index >= 15 is 0 Å². The minimum atomic E-state index is -0.590. The van der Waals surface area contributed by atoms with Gasteiger partial charge in [-0.2, -0.15) is 5.11 Å². The first kappa shape index (κ1) is 42.9. The fraction of sp³-hybridized carbons (Fsp3) is 0.489. The third kappa shape index (κ3) is 12.9. The van der Waals surface area contributed by atoms with Crippen molar-refractivity contribution < 1.29 is 23.9 Å². The van der Waals surface area contributed by atoms with Crippen LogP contribution in [-0.4, -0.2) is 79.4 Å². The summed E-state index contributed by atoms with van der Waals surface area (Å²) in [5.74, 6) is -0.117. The van der Waals surface area contributed by atoms with Crippen molar-refractivity contribution >= 4 is 35.2 Å². The maximum atomic E-state index is 13.9. The minimum Gasteiger partial charge on any atom is -0.444 e. The topological polar surface area (TPSA) is 154 Å². The number of likely N-dealkylation sites (N-methyl/N-ethyl adjacent to an activating group) is 1. The molecule has 12 heteroatoms. The fourth-order valence-corrected chi connectivity index (χ4v) is 7.37. The van der Waals surface area contributed by atoms with Gasteiger partial charge in [0.25, 0.3) is 5.91 Å². The van der Waals surface area contributed by atoms with Gasteiger partial charge in [0.1, 0.15) is 11.4 Å². The maximum absolute atomic E-state index is 13.9. The van der Waals surface area contributed by atoms with Gasteiger partial charge in [-0.3, -0.25) is 14.4 Å². The van der Waals surface area contributed by atoms with Crippen LogP contribution in [0.15, 0.2) is 82.0 Å². The molecule has 3 aromatic rings. The van der Waals surface area contributed by atoms with Crippen LogP contribution in [0.4, 0.5) is 10.5 Å². The minimum absolute atomic E-state index is 0.0908. The zero-order valence-electron chi connectivity index (χ0n) is 34.4. The number of alkyl carbamates (subject to hydrolysis) is 1. The number of Topliss-reactive ketones (excluding diaryl/α,β-unsaturated/α-hetero) is 1. The molecule has 1 heterocycles. The van der Waals surface area contributed by atoms with E-state index in [1.165, 1.54) is 0 Å². The lowest BCUT2D eigenvalue weighted by Gasteiger charge is -2.29. The maximum Gasteiger partial charge on any atom is 0.407 e. The molecule has 304 valence electrons. The second kappa shape index (κ2) is 20.3. The van der Waals surface area contributed by atoms with E-state index in [2.05, 4.69) is 49.9 Å². The molecule has 57 heavy (non-hydrogen) atoms. The number of hydrogen-bond acceptors (Lipinski definition) is 9. The summed E-state index contributed by atoms with van der Waals surface area (Å²) >= 11 is 0. The Kier molecular flexibility index (Phi) is 15.3. The number of nitrogens with zero attached hydrogens (tertiary/aromatic N) is 4. The summed E-state index contributed by atoms with van der Waals surface area (Å²) in [4.78, 5) is 59.5. The van der Waals surface area contributed by atoms with Crippen molar-refractivity contribution in [2.75, 3.05) is 44.7 Å². The number of rotatable bonds is 17. The highest BCUT2D eigenvalue weighted by molar-refractivity contribution is 6.01. The van der Waals surface area contributed by atoms with E-state index < -0.39 is 17.6 Å². The third-order valence-corrected chi connectivity index (χ3v) is 10.8. The molecule has 12 nitrogen and oxygen atoms in total. The number of anilines is 1. The number of amidine groups is 1. The first-order chi connectivity index (χ1) is 27.3. The van der Waals surface area contributed by atoms with Crippen molar-refractivity contribution in [3.05, 3.63) is 89.0 Å². The Hall–Kier alpha value is -5.23. The van der Waals surface area contributed by atoms with Crippen LogP contribution in [0.1, 0.15) is 93.8 Å². The Balaban J connectivity index is 1.25. The van der Waals surface area contributed by atoms with Crippen LogP contribution < -0.4 is 16.0 Å². The van der Waals surface area contributed by atoms with Crippen molar-refractivity contribution in [1.29, 1.82) is 0 Å². The summed E-state index contributed by atoms with van der Waals surface area (Å²) in [6.07, 6.45) is 3.16. The van der Waals surface area contributed by atoms with Gasteiger partial charge in [0, 0.05) is 54.7 Å². The van der Waals surface area contributed by atoms with Gasteiger partial charge < -0.3 is 25.6 Å². The molecule has 0 spiro atoms. The highest BCUT2D eigenvalue weighted by atomic mass is 16.6. The molecule has 0 saturated heterocycles. The average Bonchev–Trinajstić information content (AvgIpc) is 3.74. The summed E-state index contributed by atoms with van der Waals surface area (Å²) in [6.45, 7) is 15.9. The van der Waals surface area contributed by atoms with Gasteiger partial charge in [0.15, 0.2) is 12.5 Å². The highest BCUT2D eigenvalue weighted by Crippen LogP contribution is 2.32. The number of hydrogen-bond donors (Lipinski definition) is 3. The number of ketones is 1. The molecule has 0 aromatic heterocycles. The van der Waals surface area contributed by atoms with Crippen LogP contribution in [0.2, 0.25) is 0 Å². The summed E-state index contributed by atoms with van der Waals surface area (Å²) in [5, 5.41) is 16.9. The standard InChI is InChI=1S/C45H59N7O5/c1-7-52(8-2)24-23-46-42(54)36-14-9-30(3)39(26-36)33-15-10-31(11-16-33)25-37(43(55)50-38-21-19-35(20-22-38)41-48-29-49-51-41)27-40(53)34-17-12-32(13-18-34)28-47-44(56)57-45(4,5)6/h9-11,14-16,19-22,26,32,34,37H,7-8,12-13,17-18,23-25,27-29H2,1-6H3,(H,46,54)(H,47,56)(H,50,55)/t32?,34?,37-/m1/s1. The van der Waals surface area contributed by atoms with Crippen molar-refractivity contribution in [2.45, 2.75) is 85.7 Å². The van der Waals surface area contributed by atoms with Crippen molar-refractivity contribution in [1.82, 2.24) is 15.5 Å². The Bertz CT molecular complexity index is 1910. The number of nitrogens with one attached hydrogen (secondary N) is 3. The first-order valence-electron chi connectivity index (χ1n) is 20.3. The molecule has 3 amide bonds. The van der Waals surface area contributed by atoms with E-state index in [9.17, 15) is 19.2 Å². The number of benzene rings is 3. The van der Waals surface area contributed by atoms with E-state index in [1.807, 2.05) is 94.4 Å². The molecule has 1 aliphatic heterocycles. The largest absolute Gasteiger partial charge is 0.444 e. The van der Waals surface area contributed by atoms with Crippen molar-refractivity contribution in [3.63, 3.8) is 0 Å². The molecule has 0 unspecified atom stereocenters. The fourth-order valence-electron chi connectivity index (χ4n) is 7.37. The van der Waals surface area contributed by atoms with Crippen LogP contribution in [-0.2, 0) is 20.7 Å². The molecular weight excluding hydrogens is 719 g/mol. The molecule has 1 fully saturated rings. The molecule has 0 radical (unpaired) electrons. The predicted octanol–water partition coefficient (Wildman–Crippen LogP) is 7.99. The van der Waals surface area contributed by atoms with Crippen LogP contribution in [0.3, 0.4) is 0 Å². The van der Waals surface area contributed by atoms with Gasteiger partial charge in [-0.1, -0.05) is 44.2 Å². The number of azo groups is 1. The molecule has 2 aliphatic rings. The second-order valence-corrected chi connectivity index (χ2v) is 16.1. The van der Waals surface area contributed by atoms with Gasteiger partial charge in [0.2, 0.25) is 5.91 Å². The molecule has 0 bridgehead atoms. The van der Waals surface area contributed by atoms with Crippen LogP contribution in [0.5, 0.6) is 0 Å². The van der Waals surface area contributed by atoms with E-state index in [0.717, 1.165) is 73.1 Å². The van der Waals surface area contributed by atoms with E-state index in [-0.39, 0.29) is 35.9 Å². The van der Waals surface area contributed by atoms with E-state index in [0.29, 0.717) is 43.3 Å². The van der Waals surface area contributed by atoms with Gasteiger partial charge >= 0.3 is 6.09 Å². The second-order valence-electron chi connectivity index (χ2n) is 16.1. The quantitative estimate of drug-likeness (QED) is 0.126. The molecule has 1 aliphatic carbocycles. The van der Waals surface area contributed by atoms with Gasteiger partial charge in [0.05, 0.1) is 0 Å². The lowest BCUT2D eigenvalue weighted by atomic mass is 9.77. The molecule has 3 N–H and O–H groups in total. The lowest BCUT2D eigenvalue weighted by molar-refractivity contribution is -0.129. The SMILES string of the molecule is CCN(CC)CCNC(=O)c1ccc(C)c(-c2ccc(C[C@H](CC(=O)C3CCC(CNC(=O)OC(C)(C)C)CC3)C(=O)Nc3ccc(C4=NCN=N4)cc3)cc2)c1. The van der Waals surface area contributed by atoms with Gasteiger partial charge in [-0.25, -0.2) is 9.79 Å². The molecule has 1 saturated carbocycles. The number of carbonyl (C=O) groups excluding carboxylic acids is 4. The first-order valence-corrected chi connectivity index (χ1v) is 20.3. The number of amides is 3. The van der Waals surface area contributed by atoms with Crippen molar-refractivity contribution in [3.8, 4) is 11.1 Å². The predicted molar refractivity (Wildman–Crippen MR) is 225 cm³/mol. The summed E-state index contributed by atoms with van der Waals surface area (Å²) < 4.78 is 5.37. The number of aryl methyl sites for hydroxylation is 1. The Morgan fingerprint density at radius 2 is 1.56 bits per heavy atom. The average molecular weight is 778 g/mol.